The fraction of sp³-hybridized carbons (Fsp3) is 0.421. The lowest BCUT2D eigenvalue weighted by molar-refractivity contribution is 0.129. The maximum atomic E-state index is 12.1. The highest BCUT2D eigenvalue weighted by molar-refractivity contribution is 6.33. The van der Waals surface area contributed by atoms with Gasteiger partial charge in [0, 0.05) is 17.4 Å². The number of carbonyl (C=O) groups excluding carboxylic acids is 1. The standard InChI is InChI=1S/C19H23ClN4O2/c1-12-11-13(2)22-19(21-12)26-15-9-7-14(8-10-15)23-18(25)24-17-6-4-3-5-16(17)20/h3-6,11,14-15H,7-10H2,1-2H3,(H2,23,24,25). The highest BCUT2D eigenvalue weighted by Crippen LogP contribution is 2.23. The lowest BCUT2D eigenvalue weighted by atomic mass is 9.93. The summed E-state index contributed by atoms with van der Waals surface area (Å²) in [7, 11) is 0. The average Bonchev–Trinajstić information content (AvgIpc) is 2.58. The number of amides is 2. The van der Waals surface area contributed by atoms with Crippen LogP contribution in [-0.2, 0) is 0 Å². The van der Waals surface area contributed by atoms with Crippen molar-refractivity contribution in [3.05, 3.63) is 46.7 Å². The Hall–Kier alpha value is -2.34. The number of nitrogens with one attached hydrogen (secondary N) is 2. The molecular formula is C19H23ClN4O2. The maximum Gasteiger partial charge on any atom is 0.319 e. The molecule has 1 saturated carbocycles. The molecule has 6 nitrogen and oxygen atoms in total. The molecule has 1 aliphatic carbocycles. The lowest BCUT2D eigenvalue weighted by Gasteiger charge is -2.29. The van der Waals surface area contributed by atoms with Gasteiger partial charge in [-0.3, -0.25) is 0 Å². The van der Waals surface area contributed by atoms with Gasteiger partial charge in [0.15, 0.2) is 0 Å². The van der Waals surface area contributed by atoms with Crippen LogP contribution in [0, 0.1) is 13.8 Å². The molecule has 1 aromatic heterocycles. The molecule has 0 spiro atoms. The average molecular weight is 375 g/mol. The van der Waals surface area contributed by atoms with E-state index in [1.807, 2.05) is 32.0 Å². The molecule has 0 unspecified atom stereocenters. The van der Waals surface area contributed by atoms with Gasteiger partial charge >= 0.3 is 12.0 Å². The molecule has 2 amide bonds. The molecule has 138 valence electrons. The Kier molecular flexibility index (Phi) is 5.93. The number of nitrogens with zero attached hydrogens (tertiary/aromatic N) is 2. The molecule has 3 rings (SSSR count). The van der Waals surface area contributed by atoms with E-state index in [1.54, 1.807) is 12.1 Å². The van der Waals surface area contributed by atoms with Crippen molar-refractivity contribution in [2.24, 2.45) is 0 Å². The van der Waals surface area contributed by atoms with E-state index in [1.165, 1.54) is 0 Å². The predicted octanol–water partition coefficient (Wildman–Crippen LogP) is 4.26. The van der Waals surface area contributed by atoms with E-state index < -0.39 is 0 Å². The first-order valence-corrected chi connectivity index (χ1v) is 9.18. The molecule has 1 aromatic carbocycles. The number of benzene rings is 1. The van der Waals surface area contributed by atoms with Crippen LogP contribution in [0.2, 0.25) is 5.02 Å². The number of urea groups is 1. The summed E-state index contributed by atoms with van der Waals surface area (Å²) >= 11 is 6.06. The number of hydrogen-bond acceptors (Lipinski definition) is 4. The topological polar surface area (TPSA) is 76.1 Å². The van der Waals surface area contributed by atoms with Gasteiger partial charge in [-0.2, -0.15) is 0 Å². The van der Waals surface area contributed by atoms with Gasteiger partial charge in [-0.05, 0) is 57.7 Å². The Morgan fingerprint density at radius 3 is 2.42 bits per heavy atom. The quantitative estimate of drug-likeness (QED) is 0.838. The number of ether oxygens (including phenoxy) is 1. The fourth-order valence-corrected chi connectivity index (χ4v) is 3.31. The lowest BCUT2D eigenvalue weighted by Crippen LogP contribution is -2.41. The van der Waals surface area contributed by atoms with Gasteiger partial charge in [-0.1, -0.05) is 23.7 Å². The number of carbonyl (C=O) groups is 1. The molecule has 1 aliphatic rings. The fourth-order valence-electron chi connectivity index (χ4n) is 3.13. The first-order valence-electron chi connectivity index (χ1n) is 8.80. The van der Waals surface area contributed by atoms with Crippen molar-refractivity contribution in [2.75, 3.05) is 5.32 Å². The number of rotatable bonds is 4. The summed E-state index contributed by atoms with van der Waals surface area (Å²) in [6, 6.07) is 9.43. The summed E-state index contributed by atoms with van der Waals surface area (Å²) in [5, 5.41) is 6.31. The predicted molar refractivity (Wildman–Crippen MR) is 102 cm³/mol. The molecule has 2 N–H and O–H groups in total. The third kappa shape index (κ3) is 5.08. The van der Waals surface area contributed by atoms with Crippen LogP contribution in [0.5, 0.6) is 6.01 Å². The summed E-state index contributed by atoms with van der Waals surface area (Å²) in [5.74, 6) is 0. The summed E-state index contributed by atoms with van der Waals surface area (Å²) in [4.78, 5) is 20.8. The zero-order valence-electron chi connectivity index (χ0n) is 15.0. The smallest absolute Gasteiger partial charge is 0.319 e. The summed E-state index contributed by atoms with van der Waals surface area (Å²) in [6.45, 7) is 3.86. The molecular weight excluding hydrogens is 352 g/mol. The second-order valence-corrected chi connectivity index (χ2v) is 7.01. The van der Waals surface area contributed by atoms with Crippen LogP contribution in [0.1, 0.15) is 37.1 Å². The van der Waals surface area contributed by atoms with Crippen molar-refractivity contribution in [1.82, 2.24) is 15.3 Å². The van der Waals surface area contributed by atoms with Crippen LogP contribution in [0.3, 0.4) is 0 Å². The minimum atomic E-state index is -0.236. The Morgan fingerprint density at radius 1 is 1.12 bits per heavy atom. The Labute approximate surface area is 158 Å². The summed E-state index contributed by atoms with van der Waals surface area (Å²) in [6.07, 6.45) is 3.50. The van der Waals surface area contributed by atoms with Crippen molar-refractivity contribution < 1.29 is 9.53 Å². The highest BCUT2D eigenvalue weighted by Gasteiger charge is 2.24. The van der Waals surface area contributed by atoms with E-state index in [9.17, 15) is 4.79 Å². The van der Waals surface area contributed by atoms with E-state index in [-0.39, 0.29) is 18.2 Å². The van der Waals surface area contributed by atoms with Crippen molar-refractivity contribution in [2.45, 2.75) is 51.7 Å². The molecule has 1 heterocycles. The number of para-hydroxylation sites is 1. The first kappa shape index (κ1) is 18.5. The van der Waals surface area contributed by atoms with Crippen LogP contribution in [0.25, 0.3) is 0 Å². The van der Waals surface area contributed by atoms with Crippen LogP contribution in [0.15, 0.2) is 30.3 Å². The zero-order chi connectivity index (χ0) is 18.5. The highest BCUT2D eigenvalue weighted by atomic mass is 35.5. The molecule has 2 aromatic rings. The van der Waals surface area contributed by atoms with Gasteiger partial charge in [0.1, 0.15) is 6.10 Å². The molecule has 26 heavy (non-hydrogen) atoms. The number of aromatic nitrogens is 2. The number of aryl methyl sites for hydroxylation is 2. The number of halogens is 1. The van der Waals surface area contributed by atoms with Gasteiger partial charge in [0.05, 0.1) is 10.7 Å². The SMILES string of the molecule is Cc1cc(C)nc(OC2CCC(NC(=O)Nc3ccccc3Cl)CC2)n1. The van der Waals surface area contributed by atoms with Crippen molar-refractivity contribution in [3.8, 4) is 6.01 Å². The van der Waals surface area contributed by atoms with Crippen molar-refractivity contribution in [1.29, 1.82) is 0 Å². The van der Waals surface area contributed by atoms with E-state index in [2.05, 4.69) is 20.6 Å². The normalized spacial score (nSPS) is 19.7. The van der Waals surface area contributed by atoms with E-state index in [4.69, 9.17) is 16.3 Å². The van der Waals surface area contributed by atoms with E-state index in [0.29, 0.717) is 16.7 Å². The molecule has 1 fully saturated rings. The number of anilines is 1. The second-order valence-electron chi connectivity index (χ2n) is 6.60. The Morgan fingerprint density at radius 2 is 1.77 bits per heavy atom. The van der Waals surface area contributed by atoms with Gasteiger partial charge < -0.3 is 15.4 Å². The van der Waals surface area contributed by atoms with Crippen molar-refractivity contribution in [3.63, 3.8) is 0 Å². The maximum absolute atomic E-state index is 12.1. The second kappa shape index (κ2) is 8.36. The third-order valence-corrected chi connectivity index (χ3v) is 4.69. The van der Waals surface area contributed by atoms with Crippen LogP contribution in [-0.4, -0.2) is 28.1 Å². The summed E-state index contributed by atoms with van der Waals surface area (Å²) < 4.78 is 5.91. The van der Waals surface area contributed by atoms with Crippen LogP contribution >= 0.6 is 11.6 Å². The van der Waals surface area contributed by atoms with Gasteiger partial charge in [0.2, 0.25) is 0 Å². The van der Waals surface area contributed by atoms with Gasteiger partial charge in [0.25, 0.3) is 0 Å². The van der Waals surface area contributed by atoms with Crippen molar-refractivity contribution >= 4 is 23.3 Å². The Bertz CT molecular complexity index is 756. The van der Waals surface area contributed by atoms with Gasteiger partial charge in [-0.15, -0.1) is 0 Å². The molecule has 0 saturated heterocycles. The van der Waals surface area contributed by atoms with E-state index in [0.717, 1.165) is 37.1 Å². The van der Waals surface area contributed by atoms with Crippen LogP contribution in [0.4, 0.5) is 10.5 Å². The third-order valence-electron chi connectivity index (χ3n) is 4.37. The largest absolute Gasteiger partial charge is 0.460 e. The zero-order valence-corrected chi connectivity index (χ0v) is 15.7. The Balaban J connectivity index is 1.46. The summed E-state index contributed by atoms with van der Waals surface area (Å²) in [5.41, 5.74) is 2.41. The van der Waals surface area contributed by atoms with Crippen LogP contribution < -0.4 is 15.4 Å². The first-order chi connectivity index (χ1) is 12.5. The monoisotopic (exact) mass is 374 g/mol. The molecule has 0 bridgehead atoms. The minimum Gasteiger partial charge on any atom is -0.460 e. The molecule has 7 heteroatoms. The molecule has 0 radical (unpaired) electrons. The van der Waals surface area contributed by atoms with E-state index >= 15 is 0 Å². The molecule has 0 aliphatic heterocycles. The minimum absolute atomic E-state index is 0.0841. The van der Waals surface area contributed by atoms with Gasteiger partial charge in [-0.25, -0.2) is 14.8 Å². The number of hydrogen-bond donors (Lipinski definition) is 2. The molecule has 0 atom stereocenters.